The van der Waals surface area contributed by atoms with Crippen LogP contribution in [0.15, 0.2) is 102 Å². The number of nitrogens with one attached hydrogen (secondary N) is 2. The maximum Gasteiger partial charge on any atom is 0.252 e. The molecule has 0 radical (unpaired) electrons. The minimum atomic E-state index is -4.02. The molecule has 0 aliphatic rings. The molecule has 5 rings (SSSR count). The number of aryl methyl sites for hydroxylation is 1. The normalized spacial score (nSPS) is 12.6. The zero-order chi connectivity index (χ0) is 32.5. The fraction of sp³-hybridized carbons (Fsp3) is 0.206. The first-order valence-corrected chi connectivity index (χ1v) is 16.3. The van der Waals surface area contributed by atoms with Gasteiger partial charge in [-0.3, -0.25) is 14.6 Å². The summed E-state index contributed by atoms with van der Waals surface area (Å²) in [5.74, 6) is -2.11. The highest BCUT2D eigenvalue weighted by molar-refractivity contribution is 7.90. The lowest BCUT2D eigenvalue weighted by atomic mass is 10.0. The van der Waals surface area contributed by atoms with E-state index in [1.54, 1.807) is 48.5 Å². The number of oxazole rings is 1. The topological polar surface area (TPSA) is 175 Å². The maximum absolute atomic E-state index is 13.9. The number of hydrogen-bond donors (Lipinski definition) is 3. The van der Waals surface area contributed by atoms with Crippen LogP contribution in [0.25, 0.3) is 11.1 Å². The Morgan fingerprint density at radius 2 is 1.61 bits per heavy atom. The molecule has 0 aliphatic carbocycles. The smallest absolute Gasteiger partial charge is 0.252 e. The molecule has 0 saturated carbocycles. The van der Waals surface area contributed by atoms with Crippen LogP contribution in [0.1, 0.15) is 39.4 Å². The molecule has 46 heavy (non-hydrogen) atoms. The van der Waals surface area contributed by atoms with Crippen LogP contribution in [0.2, 0.25) is 0 Å². The summed E-state index contributed by atoms with van der Waals surface area (Å²) in [7, 11) is -4.02. The Bertz CT molecular complexity index is 1960. The molecule has 1 unspecified atom stereocenters. The molecule has 12 heteroatoms. The van der Waals surface area contributed by atoms with Crippen LogP contribution < -0.4 is 10.6 Å². The highest BCUT2D eigenvalue weighted by Gasteiger charge is 2.30. The van der Waals surface area contributed by atoms with Crippen molar-refractivity contribution < 1.29 is 27.5 Å². The van der Waals surface area contributed by atoms with E-state index in [9.17, 15) is 28.4 Å². The zero-order valence-corrected chi connectivity index (χ0v) is 25.5. The first-order chi connectivity index (χ1) is 22.2. The third kappa shape index (κ3) is 8.34. The van der Waals surface area contributed by atoms with Crippen molar-refractivity contribution in [2.45, 2.75) is 37.1 Å². The average Bonchev–Trinajstić information content (AvgIpc) is 3.46. The summed E-state index contributed by atoms with van der Waals surface area (Å²) in [6, 6.07) is 23.2. The summed E-state index contributed by atoms with van der Waals surface area (Å²) in [5.41, 5.74) is 2.59. The van der Waals surface area contributed by atoms with E-state index in [1.807, 2.05) is 18.2 Å². The van der Waals surface area contributed by atoms with Gasteiger partial charge in [0.25, 0.3) is 5.91 Å². The second-order valence-electron chi connectivity index (χ2n) is 10.7. The number of aromatic nitrogens is 2. The molecule has 0 aliphatic heterocycles. The number of fused-ring (bicyclic) bond motifs is 1. The number of carbonyl (C=O) groups excluding carboxylic acids is 2. The van der Waals surface area contributed by atoms with Gasteiger partial charge < -0.3 is 20.2 Å². The molecule has 11 nitrogen and oxygen atoms in total. The molecule has 0 saturated heterocycles. The summed E-state index contributed by atoms with van der Waals surface area (Å²) >= 11 is 0. The summed E-state index contributed by atoms with van der Waals surface area (Å²) < 4.78 is 32.7. The Kier molecular flexibility index (Phi) is 10.0. The van der Waals surface area contributed by atoms with Crippen molar-refractivity contribution in [1.82, 2.24) is 20.6 Å². The fourth-order valence-electron chi connectivity index (χ4n) is 5.03. The van der Waals surface area contributed by atoms with E-state index < -0.39 is 45.2 Å². The molecule has 2 heterocycles. The number of pyridine rings is 1. The van der Waals surface area contributed by atoms with Crippen molar-refractivity contribution in [3.8, 4) is 11.8 Å². The summed E-state index contributed by atoms with van der Waals surface area (Å²) in [4.78, 5) is 35.4. The van der Waals surface area contributed by atoms with Gasteiger partial charge in [0.05, 0.1) is 23.1 Å². The molecule has 2 atom stereocenters. The van der Waals surface area contributed by atoms with Gasteiger partial charge in [-0.1, -0.05) is 48.5 Å². The van der Waals surface area contributed by atoms with E-state index in [4.69, 9.17) is 4.42 Å². The number of hydrogen-bond acceptors (Lipinski definition) is 9. The first kappa shape index (κ1) is 31.9. The number of benzene rings is 3. The number of amides is 2. The van der Waals surface area contributed by atoms with E-state index >= 15 is 0 Å². The number of sulfone groups is 1. The number of phenols is 1. The standard InChI is InChI=1S/C34H31N5O6S/c35-20-25-8-1-2-9-26(25)21-46(43,44)22-29(39-33(41)24-15-17-36-18-16-24)34(42)37-27(14-13-23-7-3-5-11-30(23)40)19-32-38-28-10-4-6-12-31(28)45-32/h1-12,15-18,27,29,40H,13-14,19,21-22H2,(H,37,42)(H,39,41)/t27?,29-/m0/s1. The van der Waals surface area contributed by atoms with Crippen molar-refractivity contribution in [2.75, 3.05) is 5.75 Å². The van der Waals surface area contributed by atoms with Crippen LogP contribution in [0.4, 0.5) is 0 Å². The Morgan fingerprint density at radius 3 is 2.35 bits per heavy atom. The Morgan fingerprint density at radius 1 is 0.913 bits per heavy atom. The second kappa shape index (κ2) is 14.5. The number of rotatable bonds is 13. The van der Waals surface area contributed by atoms with E-state index in [-0.39, 0.29) is 23.3 Å². The van der Waals surface area contributed by atoms with Crippen LogP contribution in [-0.2, 0) is 33.2 Å². The molecule has 0 spiro atoms. The monoisotopic (exact) mass is 637 g/mol. The largest absolute Gasteiger partial charge is 0.508 e. The Labute approximate surface area is 265 Å². The summed E-state index contributed by atoms with van der Waals surface area (Å²) in [5, 5.41) is 25.2. The molecular weight excluding hydrogens is 606 g/mol. The van der Waals surface area contributed by atoms with Gasteiger partial charge in [0, 0.05) is 30.4 Å². The molecule has 2 amide bonds. The number of nitrogens with zero attached hydrogens (tertiary/aromatic N) is 3. The van der Waals surface area contributed by atoms with Crippen molar-refractivity contribution in [3.63, 3.8) is 0 Å². The number of carbonyl (C=O) groups is 2. The minimum Gasteiger partial charge on any atom is -0.508 e. The fourth-order valence-corrected chi connectivity index (χ4v) is 6.62. The molecule has 0 bridgehead atoms. The van der Waals surface area contributed by atoms with Crippen LogP contribution in [0, 0.1) is 11.3 Å². The van der Waals surface area contributed by atoms with Crippen LogP contribution >= 0.6 is 0 Å². The molecule has 5 aromatic rings. The van der Waals surface area contributed by atoms with Gasteiger partial charge in [-0.25, -0.2) is 13.4 Å². The lowest BCUT2D eigenvalue weighted by Gasteiger charge is -2.23. The van der Waals surface area contributed by atoms with Gasteiger partial charge in [0.1, 0.15) is 17.3 Å². The third-order valence-electron chi connectivity index (χ3n) is 7.36. The van der Waals surface area contributed by atoms with E-state index in [2.05, 4.69) is 20.6 Å². The molecule has 2 aromatic heterocycles. The van der Waals surface area contributed by atoms with Gasteiger partial charge in [-0.2, -0.15) is 5.26 Å². The van der Waals surface area contributed by atoms with Gasteiger partial charge in [0.15, 0.2) is 21.3 Å². The summed E-state index contributed by atoms with van der Waals surface area (Å²) in [6.45, 7) is 0. The first-order valence-electron chi connectivity index (χ1n) is 14.5. The summed E-state index contributed by atoms with van der Waals surface area (Å²) in [6.07, 6.45) is 3.72. The molecular formula is C34H31N5O6S. The van der Waals surface area contributed by atoms with Crippen molar-refractivity contribution >= 4 is 32.8 Å². The number of aromatic hydroxyl groups is 1. The zero-order valence-electron chi connectivity index (χ0n) is 24.7. The van der Waals surface area contributed by atoms with Crippen LogP contribution in [0.3, 0.4) is 0 Å². The van der Waals surface area contributed by atoms with Gasteiger partial charge >= 0.3 is 0 Å². The third-order valence-corrected chi connectivity index (χ3v) is 8.95. The highest BCUT2D eigenvalue weighted by Crippen LogP contribution is 2.21. The molecule has 3 N–H and O–H groups in total. The second-order valence-corrected chi connectivity index (χ2v) is 12.8. The molecule has 0 fully saturated rings. The molecule has 234 valence electrons. The quantitative estimate of drug-likeness (QED) is 0.173. The number of nitriles is 1. The predicted molar refractivity (Wildman–Crippen MR) is 170 cm³/mol. The van der Waals surface area contributed by atoms with Crippen molar-refractivity contribution in [3.05, 3.63) is 125 Å². The average molecular weight is 638 g/mol. The van der Waals surface area contributed by atoms with Crippen molar-refractivity contribution in [1.29, 1.82) is 5.26 Å². The lowest BCUT2D eigenvalue weighted by Crippen LogP contribution is -2.53. The van der Waals surface area contributed by atoms with Crippen LogP contribution in [-0.4, -0.2) is 53.1 Å². The van der Waals surface area contributed by atoms with Gasteiger partial charge in [-0.15, -0.1) is 0 Å². The van der Waals surface area contributed by atoms with E-state index in [0.717, 1.165) is 0 Å². The van der Waals surface area contributed by atoms with Crippen LogP contribution in [0.5, 0.6) is 5.75 Å². The lowest BCUT2D eigenvalue weighted by molar-refractivity contribution is -0.123. The minimum absolute atomic E-state index is 0.112. The number of phenolic OH excluding ortho intramolecular Hbond substituents is 1. The Hall–Kier alpha value is -5.54. The van der Waals surface area contributed by atoms with Gasteiger partial charge in [0.2, 0.25) is 5.91 Å². The number of para-hydroxylation sites is 3. The Balaban J connectivity index is 1.40. The highest BCUT2D eigenvalue weighted by atomic mass is 32.2. The maximum atomic E-state index is 13.9. The van der Waals surface area contributed by atoms with Gasteiger partial charge in [-0.05, 0) is 60.4 Å². The van der Waals surface area contributed by atoms with E-state index in [1.165, 1.54) is 36.7 Å². The SMILES string of the molecule is N#Cc1ccccc1CS(=O)(=O)C[C@H](NC(=O)c1ccncc1)C(=O)NC(CCc1ccccc1O)Cc1nc2ccccc2o1. The van der Waals surface area contributed by atoms with E-state index in [0.29, 0.717) is 41.0 Å². The predicted octanol–water partition coefficient (Wildman–Crippen LogP) is 3.87. The van der Waals surface area contributed by atoms with Crippen molar-refractivity contribution in [2.24, 2.45) is 0 Å². The molecule has 3 aromatic carbocycles.